The number of aromatic nitrogens is 3. The summed E-state index contributed by atoms with van der Waals surface area (Å²) in [7, 11) is 0. The molecule has 2 aliphatic heterocycles. The van der Waals surface area contributed by atoms with Gasteiger partial charge in [0.1, 0.15) is 29.3 Å². The van der Waals surface area contributed by atoms with Crippen LogP contribution in [0.15, 0.2) is 67.1 Å². The van der Waals surface area contributed by atoms with Crippen molar-refractivity contribution in [1.29, 1.82) is 0 Å². The lowest BCUT2D eigenvalue weighted by Gasteiger charge is -2.39. The number of rotatable bonds is 5. The van der Waals surface area contributed by atoms with E-state index in [9.17, 15) is 0 Å². The molecule has 2 atom stereocenters. The van der Waals surface area contributed by atoms with Crippen molar-refractivity contribution < 1.29 is 4.74 Å². The Labute approximate surface area is 211 Å². The van der Waals surface area contributed by atoms with Crippen LogP contribution in [-0.2, 0) is 0 Å². The molecule has 4 heterocycles. The van der Waals surface area contributed by atoms with Crippen LogP contribution in [0.2, 0.25) is 0 Å². The third-order valence-electron chi connectivity index (χ3n) is 8.41. The van der Waals surface area contributed by atoms with Gasteiger partial charge >= 0.3 is 0 Å². The van der Waals surface area contributed by atoms with Gasteiger partial charge in [-0.3, -0.25) is 4.90 Å². The fourth-order valence-electron chi connectivity index (χ4n) is 6.64. The molecule has 2 bridgehead atoms. The van der Waals surface area contributed by atoms with Crippen LogP contribution in [0.4, 0.5) is 5.82 Å². The Morgan fingerprint density at radius 1 is 0.861 bits per heavy atom. The fraction of sp³-hybridized carbons (Fsp3) is 0.379. The topological polar surface area (TPSA) is 81.2 Å². The molecule has 7 nitrogen and oxygen atoms in total. The highest BCUT2D eigenvalue weighted by Crippen LogP contribution is 2.40. The van der Waals surface area contributed by atoms with Crippen molar-refractivity contribution in [2.45, 2.75) is 56.3 Å². The molecular weight excluding hydrogens is 448 g/mol. The molecule has 36 heavy (non-hydrogen) atoms. The molecule has 184 valence electrons. The minimum Gasteiger partial charge on any atom is -0.457 e. The average molecular weight is 481 g/mol. The van der Waals surface area contributed by atoms with Gasteiger partial charge in [-0.1, -0.05) is 30.3 Å². The number of para-hydroxylation sites is 1. The third-order valence-corrected chi connectivity index (χ3v) is 8.41. The lowest BCUT2D eigenvalue weighted by molar-refractivity contribution is 0.113. The van der Waals surface area contributed by atoms with E-state index < -0.39 is 0 Å². The molecule has 3 N–H and O–H groups in total. The Morgan fingerprint density at radius 3 is 2.33 bits per heavy atom. The molecule has 3 aliphatic rings. The van der Waals surface area contributed by atoms with Crippen LogP contribution in [0.25, 0.3) is 22.2 Å². The Bertz CT molecular complexity index is 1360. The predicted molar refractivity (Wildman–Crippen MR) is 142 cm³/mol. The smallest absolute Gasteiger partial charge is 0.146 e. The van der Waals surface area contributed by atoms with Crippen molar-refractivity contribution in [2.75, 3.05) is 18.8 Å². The van der Waals surface area contributed by atoms with Crippen molar-refractivity contribution in [3.05, 3.63) is 67.1 Å². The van der Waals surface area contributed by atoms with E-state index in [-0.39, 0.29) is 0 Å². The van der Waals surface area contributed by atoms with E-state index >= 15 is 0 Å². The van der Waals surface area contributed by atoms with Gasteiger partial charge in [0.15, 0.2) is 0 Å². The number of anilines is 1. The second-order valence-electron chi connectivity index (χ2n) is 10.5. The van der Waals surface area contributed by atoms with Gasteiger partial charge in [-0.2, -0.15) is 0 Å². The van der Waals surface area contributed by atoms with Crippen LogP contribution in [0.5, 0.6) is 11.5 Å². The molecule has 2 saturated heterocycles. The summed E-state index contributed by atoms with van der Waals surface area (Å²) >= 11 is 0. The maximum absolute atomic E-state index is 6.41. The first-order valence-corrected chi connectivity index (χ1v) is 13.2. The largest absolute Gasteiger partial charge is 0.457 e. The molecule has 7 heteroatoms. The lowest BCUT2D eigenvalue weighted by atomic mass is 9.89. The molecule has 4 aromatic rings. The summed E-state index contributed by atoms with van der Waals surface area (Å²) < 4.78 is 8.35. The highest BCUT2D eigenvalue weighted by molar-refractivity contribution is 6.00. The molecule has 0 radical (unpaired) electrons. The van der Waals surface area contributed by atoms with Gasteiger partial charge in [0.2, 0.25) is 0 Å². The van der Waals surface area contributed by atoms with Gasteiger partial charge in [-0.25, -0.2) is 9.97 Å². The Balaban J connectivity index is 1.14. The maximum Gasteiger partial charge on any atom is 0.146 e. The maximum atomic E-state index is 6.41. The predicted octanol–water partition coefficient (Wildman–Crippen LogP) is 5.00. The van der Waals surface area contributed by atoms with Gasteiger partial charge in [0.05, 0.1) is 5.39 Å². The Morgan fingerprint density at radius 2 is 1.61 bits per heavy atom. The first-order chi connectivity index (χ1) is 17.7. The van der Waals surface area contributed by atoms with Crippen LogP contribution >= 0.6 is 0 Å². The zero-order valence-electron chi connectivity index (χ0n) is 20.4. The monoisotopic (exact) mass is 480 g/mol. The summed E-state index contributed by atoms with van der Waals surface area (Å²) in [5.74, 6) is 2.17. The lowest BCUT2D eigenvalue weighted by Crippen LogP contribution is -2.49. The minimum absolute atomic E-state index is 0.436. The second kappa shape index (κ2) is 8.91. The molecule has 7 rings (SSSR count). The highest BCUT2D eigenvalue weighted by Gasteiger charge is 2.41. The minimum atomic E-state index is 0.436. The molecule has 2 aromatic carbocycles. The molecule has 1 saturated carbocycles. The summed E-state index contributed by atoms with van der Waals surface area (Å²) in [5, 5.41) is 4.58. The van der Waals surface area contributed by atoms with Crippen LogP contribution in [0, 0.1) is 0 Å². The summed E-state index contributed by atoms with van der Waals surface area (Å²) in [6.07, 6.45) is 10.00. The zero-order valence-corrected chi connectivity index (χ0v) is 20.4. The number of nitrogens with zero attached hydrogens (tertiary/aromatic N) is 4. The number of benzene rings is 2. The van der Waals surface area contributed by atoms with Gasteiger partial charge in [-0.05, 0) is 61.9 Å². The third kappa shape index (κ3) is 3.83. The molecule has 0 amide bonds. The number of piperazine rings is 1. The van der Waals surface area contributed by atoms with E-state index in [1.54, 1.807) is 6.33 Å². The zero-order chi connectivity index (χ0) is 24.1. The SMILES string of the molecule is Nc1ncnc2c1c(-c1ccc(Oc3ccccc3)cc1)cn2C1CCC(N2CC3CC2CN3)CC1. The molecule has 1 aliphatic carbocycles. The van der Waals surface area contributed by atoms with E-state index in [1.807, 2.05) is 42.5 Å². The van der Waals surface area contributed by atoms with Gasteiger partial charge in [0.25, 0.3) is 0 Å². The Hall–Kier alpha value is -3.42. The van der Waals surface area contributed by atoms with Crippen molar-refractivity contribution in [2.24, 2.45) is 0 Å². The number of nitrogen functional groups attached to an aromatic ring is 1. The first kappa shape index (κ1) is 21.8. The number of nitrogens with one attached hydrogen (secondary N) is 1. The van der Waals surface area contributed by atoms with Crippen molar-refractivity contribution in [1.82, 2.24) is 24.8 Å². The van der Waals surface area contributed by atoms with Gasteiger partial charge < -0.3 is 20.4 Å². The normalized spacial score (nSPS) is 26.0. The van der Waals surface area contributed by atoms with Gasteiger partial charge in [0, 0.05) is 49.0 Å². The van der Waals surface area contributed by atoms with Crippen LogP contribution in [-0.4, -0.2) is 50.7 Å². The van der Waals surface area contributed by atoms with Crippen LogP contribution in [0.1, 0.15) is 38.1 Å². The Kier molecular flexibility index (Phi) is 5.40. The van der Waals surface area contributed by atoms with E-state index in [4.69, 9.17) is 15.5 Å². The summed E-state index contributed by atoms with van der Waals surface area (Å²) in [6, 6.07) is 20.7. The highest BCUT2D eigenvalue weighted by atomic mass is 16.5. The molecule has 0 spiro atoms. The number of ether oxygens (including phenoxy) is 1. The number of fused-ring (bicyclic) bond motifs is 3. The second-order valence-corrected chi connectivity index (χ2v) is 10.5. The first-order valence-electron chi connectivity index (χ1n) is 13.2. The molecular formula is C29H32N6O. The number of hydrogen-bond acceptors (Lipinski definition) is 6. The average Bonchev–Trinajstić information content (AvgIpc) is 3.65. The summed E-state index contributed by atoms with van der Waals surface area (Å²) in [5.41, 5.74) is 9.52. The molecule has 3 fully saturated rings. The van der Waals surface area contributed by atoms with E-state index in [0.29, 0.717) is 17.9 Å². The van der Waals surface area contributed by atoms with Crippen molar-refractivity contribution >= 4 is 16.9 Å². The van der Waals surface area contributed by atoms with Crippen LogP contribution in [0.3, 0.4) is 0 Å². The summed E-state index contributed by atoms with van der Waals surface area (Å²) in [4.78, 5) is 11.8. The van der Waals surface area contributed by atoms with E-state index in [2.05, 4.69) is 38.1 Å². The quantitative estimate of drug-likeness (QED) is 0.418. The molecule has 2 unspecified atom stereocenters. The van der Waals surface area contributed by atoms with E-state index in [1.165, 1.54) is 45.2 Å². The van der Waals surface area contributed by atoms with Crippen molar-refractivity contribution in [3.63, 3.8) is 0 Å². The standard InChI is InChI=1S/C29H32N6O/c30-28-27-26(19-6-12-25(13-7-19)36-24-4-2-1-3-5-24)17-35(29(27)33-18-32-28)22-10-8-21(9-11-22)34-16-20-14-23(34)15-31-20/h1-7,12-13,17-18,20-23,31H,8-11,14-16H2,(H2,30,32,33). The fourth-order valence-corrected chi connectivity index (χ4v) is 6.64. The number of likely N-dealkylation sites (tertiary alicyclic amines) is 1. The van der Waals surface area contributed by atoms with Gasteiger partial charge in [-0.15, -0.1) is 0 Å². The van der Waals surface area contributed by atoms with Crippen LogP contribution < -0.4 is 15.8 Å². The van der Waals surface area contributed by atoms with E-state index in [0.717, 1.165) is 45.7 Å². The summed E-state index contributed by atoms with van der Waals surface area (Å²) in [6.45, 7) is 2.39. The number of nitrogens with two attached hydrogens (primary N) is 1. The molecule has 2 aromatic heterocycles. The number of hydrogen-bond donors (Lipinski definition) is 2. The van der Waals surface area contributed by atoms with Crippen molar-refractivity contribution in [3.8, 4) is 22.6 Å².